The van der Waals surface area contributed by atoms with E-state index in [-0.39, 0.29) is 11.9 Å². The van der Waals surface area contributed by atoms with E-state index in [2.05, 4.69) is 20.6 Å². The quantitative estimate of drug-likeness (QED) is 0.632. The first-order chi connectivity index (χ1) is 6.63. The minimum atomic E-state index is -0.191. The van der Waals surface area contributed by atoms with Gasteiger partial charge in [-0.1, -0.05) is 0 Å². The Hall–Kier alpha value is -1.36. The van der Waals surface area contributed by atoms with E-state index in [0.717, 1.165) is 11.5 Å². The molecule has 0 aromatic carbocycles. The molecule has 0 aliphatic carbocycles. The van der Waals surface area contributed by atoms with Gasteiger partial charge in [-0.25, -0.2) is 4.98 Å². The lowest BCUT2D eigenvalue weighted by Crippen LogP contribution is -2.40. The first-order valence-corrected chi connectivity index (χ1v) is 4.59. The van der Waals surface area contributed by atoms with Crippen LogP contribution >= 0.6 is 0 Å². The summed E-state index contributed by atoms with van der Waals surface area (Å²) in [5.74, 6) is 0.871. The monoisotopic (exact) mass is 196 g/mol. The number of hydrogen-bond donors (Lipinski definition) is 3. The van der Waals surface area contributed by atoms with E-state index in [0.29, 0.717) is 6.54 Å². The highest BCUT2D eigenvalue weighted by molar-refractivity contribution is 5.80. The topological polar surface area (TPSA) is 69.8 Å². The predicted molar refractivity (Wildman–Crippen MR) is 53.7 cm³/mol. The summed E-state index contributed by atoms with van der Waals surface area (Å²) in [6.07, 6.45) is 1.76. The first-order valence-electron chi connectivity index (χ1n) is 4.59. The van der Waals surface area contributed by atoms with Gasteiger partial charge in [-0.2, -0.15) is 0 Å². The van der Waals surface area contributed by atoms with Crippen molar-refractivity contribution in [3.63, 3.8) is 0 Å². The number of aromatic amines is 1. The average Bonchev–Trinajstić information content (AvgIpc) is 2.59. The lowest BCUT2D eigenvalue weighted by atomic mass is 10.3. The van der Waals surface area contributed by atoms with Gasteiger partial charge in [0.1, 0.15) is 5.82 Å². The van der Waals surface area contributed by atoms with Crippen LogP contribution in [-0.2, 0) is 11.3 Å². The van der Waals surface area contributed by atoms with Crippen molar-refractivity contribution in [2.45, 2.75) is 26.4 Å². The van der Waals surface area contributed by atoms with Gasteiger partial charge in [0.05, 0.1) is 6.04 Å². The maximum absolute atomic E-state index is 11.1. The van der Waals surface area contributed by atoms with Crippen molar-refractivity contribution < 1.29 is 4.79 Å². The summed E-state index contributed by atoms with van der Waals surface area (Å²) in [6.45, 7) is 4.34. The minimum Gasteiger partial charge on any atom is -0.358 e. The fourth-order valence-electron chi connectivity index (χ4n) is 1.13. The first kappa shape index (κ1) is 10.7. The number of likely N-dealkylation sites (N-methyl/N-ethyl adjacent to an activating group) is 1. The third-order valence-electron chi connectivity index (χ3n) is 1.99. The molecule has 5 nitrogen and oxygen atoms in total. The van der Waals surface area contributed by atoms with Crippen LogP contribution in [0.5, 0.6) is 0 Å². The van der Waals surface area contributed by atoms with Gasteiger partial charge in [0.15, 0.2) is 0 Å². The molecule has 0 spiro atoms. The summed E-state index contributed by atoms with van der Waals surface area (Å²) in [7, 11) is 1.63. The van der Waals surface area contributed by atoms with Crippen LogP contribution < -0.4 is 10.6 Å². The SMILES string of the molecule is CNC(=O)C(C)NCc1cnc(C)[nH]1. The van der Waals surface area contributed by atoms with Gasteiger partial charge in [-0.05, 0) is 13.8 Å². The van der Waals surface area contributed by atoms with E-state index in [1.807, 2.05) is 13.8 Å². The third kappa shape index (κ3) is 2.85. The van der Waals surface area contributed by atoms with Gasteiger partial charge in [0.2, 0.25) is 5.91 Å². The smallest absolute Gasteiger partial charge is 0.236 e. The number of amides is 1. The van der Waals surface area contributed by atoms with Crippen molar-refractivity contribution in [3.8, 4) is 0 Å². The fourth-order valence-corrected chi connectivity index (χ4v) is 1.13. The third-order valence-corrected chi connectivity index (χ3v) is 1.99. The maximum atomic E-state index is 11.1. The number of carbonyl (C=O) groups is 1. The Morgan fingerprint density at radius 3 is 2.93 bits per heavy atom. The molecule has 1 heterocycles. The van der Waals surface area contributed by atoms with Crippen molar-refractivity contribution in [2.75, 3.05) is 7.05 Å². The van der Waals surface area contributed by atoms with Crippen molar-refractivity contribution in [2.24, 2.45) is 0 Å². The summed E-state index contributed by atoms with van der Waals surface area (Å²) in [4.78, 5) is 18.3. The molecule has 1 aromatic rings. The molecule has 3 N–H and O–H groups in total. The Kier molecular flexibility index (Phi) is 3.64. The normalized spacial score (nSPS) is 12.5. The van der Waals surface area contributed by atoms with Crippen LogP contribution in [0.25, 0.3) is 0 Å². The highest BCUT2D eigenvalue weighted by Gasteiger charge is 2.09. The second kappa shape index (κ2) is 4.76. The zero-order chi connectivity index (χ0) is 10.6. The van der Waals surface area contributed by atoms with Crippen molar-refractivity contribution in [1.82, 2.24) is 20.6 Å². The van der Waals surface area contributed by atoms with Gasteiger partial charge in [0, 0.05) is 25.5 Å². The number of rotatable bonds is 4. The second-order valence-corrected chi connectivity index (χ2v) is 3.21. The van der Waals surface area contributed by atoms with Gasteiger partial charge in [-0.15, -0.1) is 0 Å². The summed E-state index contributed by atoms with van der Waals surface area (Å²) >= 11 is 0. The van der Waals surface area contributed by atoms with E-state index in [1.165, 1.54) is 0 Å². The molecular weight excluding hydrogens is 180 g/mol. The van der Waals surface area contributed by atoms with Crippen LogP contribution in [0.1, 0.15) is 18.4 Å². The highest BCUT2D eigenvalue weighted by Crippen LogP contribution is 1.95. The van der Waals surface area contributed by atoms with E-state index < -0.39 is 0 Å². The number of H-pyrrole nitrogens is 1. The lowest BCUT2D eigenvalue weighted by Gasteiger charge is -2.10. The van der Waals surface area contributed by atoms with Gasteiger partial charge in [0.25, 0.3) is 0 Å². The van der Waals surface area contributed by atoms with Crippen molar-refractivity contribution in [1.29, 1.82) is 0 Å². The molecule has 0 saturated heterocycles. The van der Waals surface area contributed by atoms with Crippen LogP contribution in [0.4, 0.5) is 0 Å². The number of hydrogen-bond acceptors (Lipinski definition) is 3. The Balaban J connectivity index is 2.37. The number of aryl methyl sites for hydroxylation is 1. The molecule has 78 valence electrons. The molecule has 5 heteroatoms. The molecule has 0 saturated carbocycles. The summed E-state index contributed by atoms with van der Waals surface area (Å²) < 4.78 is 0. The van der Waals surface area contributed by atoms with Crippen molar-refractivity contribution in [3.05, 3.63) is 17.7 Å². The largest absolute Gasteiger partial charge is 0.358 e. The molecule has 1 atom stereocenters. The Morgan fingerprint density at radius 2 is 2.43 bits per heavy atom. The van der Waals surface area contributed by atoms with Gasteiger partial charge >= 0.3 is 0 Å². The van der Waals surface area contributed by atoms with Crippen LogP contribution in [0.2, 0.25) is 0 Å². The summed E-state index contributed by atoms with van der Waals surface area (Å²) in [5.41, 5.74) is 0.984. The number of nitrogens with one attached hydrogen (secondary N) is 3. The van der Waals surface area contributed by atoms with Gasteiger partial charge < -0.3 is 15.6 Å². The molecular formula is C9H16N4O. The summed E-state index contributed by atoms with van der Waals surface area (Å²) in [6, 6.07) is -0.191. The highest BCUT2D eigenvalue weighted by atomic mass is 16.2. The van der Waals surface area contributed by atoms with Crippen LogP contribution in [0, 0.1) is 6.92 Å². The molecule has 1 rings (SSSR count). The molecule has 0 fully saturated rings. The number of aromatic nitrogens is 2. The standard InChI is InChI=1S/C9H16N4O/c1-6(9(14)10-3)11-4-8-5-12-7(2)13-8/h5-6,11H,4H2,1-3H3,(H,10,14)(H,12,13). The van der Waals surface area contributed by atoms with Crippen LogP contribution in [0.3, 0.4) is 0 Å². The molecule has 1 amide bonds. The van der Waals surface area contributed by atoms with Crippen molar-refractivity contribution >= 4 is 5.91 Å². The zero-order valence-electron chi connectivity index (χ0n) is 8.72. The predicted octanol–water partition coefficient (Wildman–Crippen LogP) is -0.0578. The van der Waals surface area contributed by atoms with E-state index in [4.69, 9.17) is 0 Å². The molecule has 0 aliphatic rings. The average molecular weight is 196 g/mol. The Labute approximate surface area is 83.3 Å². The maximum Gasteiger partial charge on any atom is 0.236 e. The number of carbonyl (C=O) groups excluding carboxylic acids is 1. The summed E-state index contributed by atoms with van der Waals surface area (Å²) in [5, 5.41) is 5.66. The molecule has 0 radical (unpaired) electrons. The fraction of sp³-hybridized carbons (Fsp3) is 0.556. The Morgan fingerprint density at radius 1 is 1.71 bits per heavy atom. The number of imidazole rings is 1. The van der Waals surface area contributed by atoms with E-state index >= 15 is 0 Å². The van der Waals surface area contributed by atoms with Crippen LogP contribution in [-0.4, -0.2) is 29.0 Å². The van der Waals surface area contributed by atoms with Crippen LogP contribution in [0.15, 0.2) is 6.20 Å². The number of nitrogens with zero attached hydrogens (tertiary/aromatic N) is 1. The van der Waals surface area contributed by atoms with E-state index in [9.17, 15) is 4.79 Å². The van der Waals surface area contributed by atoms with Gasteiger partial charge in [-0.3, -0.25) is 4.79 Å². The minimum absolute atomic E-state index is 0.0127. The molecule has 0 aliphatic heterocycles. The molecule has 1 aromatic heterocycles. The lowest BCUT2D eigenvalue weighted by molar-refractivity contribution is -0.122. The molecule has 0 bridgehead atoms. The Bertz CT molecular complexity index is 308. The zero-order valence-corrected chi connectivity index (χ0v) is 8.72. The van der Waals surface area contributed by atoms with E-state index in [1.54, 1.807) is 13.2 Å². The molecule has 1 unspecified atom stereocenters. The second-order valence-electron chi connectivity index (χ2n) is 3.21. The molecule has 14 heavy (non-hydrogen) atoms.